The van der Waals surface area contributed by atoms with Gasteiger partial charge < -0.3 is 22.9 Å². The third-order valence-electron chi connectivity index (χ3n) is 3.15. The fourth-order valence-corrected chi connectivity index (χ4v) is 2.24. The van der Waals surface area contributed by atoms with Crippen LogP contribution < -0.4 is 22.9 Å². The molecule has 2 rings (SSSR count). The molecule has 0 saturated carbocycles. The van der Waals surface area contributed by atoms with Crippen molar-refractivity contribution in [1.29, 1.82) is 0 Å². The number of anilines is 1. The van der Waals surface area contributed by atoms with Crippen molar-refractivity contribution in [2.24, 2.45) is 24.2 Å². The Kier molecular flexibility index (Phi) is 2.48. The van der Waals surface area contributed by atoms with Crippen molar-refractivity contribution in [2.45, 2.75) is 18.5 Å². The molecule has 1 aromatic rings. The number of aryl methyl sites for hydroxylation is 2. The molecule has 1 aliphatic carbocycles. The Morgan fingerprint density at radius 2 is 2.06 bits per heavy atom. The van der Waals surface area contributed by atoms with Gasteiger partial charge in [-0.3, -0.25) is 4.68 Å². The molecule has 6 heteroatoms. The van der Waals surface area contributed by atoms with Crippen molar-refractivity contribution in [3.05, 3.63) is 35.2 Å². The maximum absolute atomic E-state index is 6.36. The molecule has 1 aromatic heterocycles. The molecule has 6 nitrogen and oxygen atoms in total. The predicted octanol–water partition coefficient (Wildman–Crippen LogP) is -0.796. The van der Waals surface area contributed by atoms with E-state index in [0.717, 1.165) is 11.3 Å². The summed E-state index contributed by atoms with van der Waals surface area (Å²) in [5.41, 5.74) is 25.4. The van der Waals surface area contributed by atoms with Gasteiger partial charge in [-0.05, 0) is 19.1 Å². The Labute approximate surface area is 99.9 Å². The van der Waals surface area contributed by atoms with Crippen LogP contribution in [0.3, 0.4) is 0 Å². The number of nitrogens with two attached hydrogens (primary N) is 4. The molecule has 8 N–H and O–H groups in total. The molecule has 2 atom stereocenters. The van der Waals surface area contributed by atoms with Gasteiger partial charge in [-0.25, -0.2) is 0 Å². The van der Waals surface area contributed by atoms with Crippen LogP contribution in [0.5, 0.6) is 0 Å². The average molecular weight is 234 g/mol. The summed E-state index contributed by atoms with van der Waals surface area (Å²) in [5, 5.41) is 4.25. The number of nitrogens with zero attached hydrogens (tertiary/aromatic N) is 2. The van der Waals surface area contributed by atoms with Crippen LogP contribution >= 0.6 is 0 Å². The molecule has 92 valence electrons. The van der Waals surface area contributed by atoms with Crippen LogP contribution in [-0.4, -0.2) is 15.8 Å². The van der Waals surface area contributed by atoms with Crippen LogP contribution in [0.2, 0.25) is 0 Å². The third kappa shape index (κ3) is 1.62. The van der Waals surface area contributed by atoms with E-state index >= 15 is 0 Å². The van der Waals surface area contributed by atoms with E-state index in [1.165, 1.54) is 0 Å². The molecule has 0 fully saturated rings. The number of aromatic nitrogens is 2. The Morgan fingerprint density at radius 1 is 1.41 bits per heavy atom. The topological polar surface area (TPSA) is 122 Å². The highest BCUT2D eigenvalue weighted by Gasteiger charge is 2.38. The smallest absolute Gasteiger partial charge is 0.127 e. The fraction of sp³-hybridized carbons (Fsp3) is 0.364. The first-order valence-electron chi connectivity index (χ1n) is 5.37. The van der Waals surface area contributed by atoms with Gasteiger partial charge in [-0.1, -0.05) is 6.08 Å². The molecular formula is C11H18N6. The van der Waals surface area contributed by atoms with Crippen LogP contribution in [0.1, 0.15) is 11.3 Å². The predicted molar refractivity (Wildman–Crippen MR) is 67.6 cm³/mol. The zero-order chi connectivity index (χ0) is 12.8. The Bertz CT molecular complexity index is 512. The SMILES string of the molecule is Cc1nn(C)c(N)c1C1(N)C=C(N)C=CC1N. The molecule has 0 saturated heterocycles. The van der Waals surface area contributed by atoms with Gasteiger partial charge in [0.15, 0.2) is 0 Å². The minimum atomic E-state index is -0.902. The van der Waals surface area contributed by atoms with Gasteiger partial charge in [0.05, 0.1) is 11.2 Å². The first kappa shape index (κ1) is 11.7. The molecule has 0 amide bonds. The van der Waals surface area contributed by atoms with Gasteiger partial charge >= 0.3 is 0 Å². The van der Waals surface area contributed by atoms with Crippen molar-refractivity contribution < 1.29 is 0 Å². The summed E-state index contributed by atoms with van der Waals surface area (Å²) in [6, 6.07) is -0.375. The molecule has 17 heavy (non-hydrogen) atoms. The number of allylic oxidation sites excluding steroid dienone is 1. The van der Waals surface area contributed by atoms with Crippen molar-refractivity contribution in [1.82, 2.24) is 9.78 Å². The van der Waals surface area contributed by atoms with E-state index in [9.17, 15) is 0 Å². The summed E-state index contributed by atoms with van der Waals surface area (Å²) in [6.07, 6.45) is 5.26. The lowest BCUT2D eigenvalue weighted by Gasteiger charge is -2.33. The van der Waals surface area contributed by atoms with Crippen LogP contribution in [0, 0.1) is 6.92 Å². The van der Waals surface area contributed by atoms with Crippen molar-refractivity contribution in [2.75, 3.05) is 5.73 Å². The van der Waals surface area contributed by atoms with E-state index in [2.05, 4.69) is 5.10 Å². The molecule has 2 unspecified atom stereocenters. The van der Waals surface area contributed by atoms with Gasteiger partial charge in [0.25, 0.3) is 0 Å². The normalized spacial score (nSPS) is 28.2. The second-order valence-electron chi connectivity index (χ2n) is 4.43. The van der Waals surface area contributed by atoms with E-state index in [1.54, 1.807) is 30.0 Å². The first-order chi connectivity index (χ1) is 7.86. The quantitative estimate of drug-likeness (QED) is 0.507. The van der Waals surface area contributed by atoms with Gasteiger partial charge in [0.1, 0.15) is 5.82 Å². The monoisotopic (exact) mass is 234 g/mol. The summed E-state index contributed by atoms with van der Waals surface area (Å²) in [6.45, 7) is 1.86. The minimum absolute atomic E-state index is 0.375. The lowest BCUT2D eigenvalue weighted by Crippen LogP contribution is -2.52. The van der Waals surface area contributed by atoms with Gasteiger partial charge in [0, 0.05) is 24.4 Å². The Hall–Kier alpha value is -1.79. The third-order valence-corrected chi connectivity index (χ3v) is 3.15. The molecule has 1 heterocycles. The zero-order valence-corrected chi connectivity index (χ0v) is 10.0. The summed E-state index contributed by atoms with van der Waals surface area (Å²) in [4.78, 5) is 0. The van der Waals surface area contributed by atoms with Gasteiger partial charge in [0.2, 0.25) is 0 Å². The molecule has 0 spiro atoms. The van der Waals surface area contributed by atoms with E-state index in [4.69, 9.17) is 22.9 Å². The zero-order valence-electron chi connectivity index (χ0n) is 10.0. The highest BCUT2D eigenvalue weighted by Crippen LogP contribution is 2.33. The molecule has 0 aromatic carbocycles. The summed E-state index contributed by atoms with van der Waals surface area (Å²) in [5.74, 6) is 0.514. The highest BCUT2D eigenvalue weighted by atomic mass is 15.3. The van der Waals surface area contributed by atoms with Crippen molar-refractivity contribution in [3.8, 4) is 0 Å². The molecular weight excluding hydrogens is 216 g/mol. The van der Waals surface area contributed by atoms with Gasteiger partial charge in [-0.2, -0.15) is 5.10 Å². The molecule has 0 bridgehead atoms. The number of hydrogen-bond donors (Lipinski definition) is 4. The van der Waals surface area contributed by atoms with E-state index < -0.39 is 5.54 Å². The van der Waals surface area contributed by atoms with Crippen molar-refractivity contribution >= 4 is 5.82 Å². The van der Waals surface area contributed by atoms with Crippen molar-refractivity contribution in [3.63, 3.8) is 0 Å². The molecule has 1 aliphatic rings. The largest absolute Gasteiger partial charge is 0.399 e. The minimum Gasteiger partial charge on any atom is -0.399 e. The van der Waals surface area contributed by atoms with Crippen LogP contribution in [0.4, 0.5) is 5.82 Å². The van der Waals surface area contributed by atoms with E-state index in [-0.39, 0.29) is 6.04 Å². The Balaban J connectivity index is 2.62. The second-order valence-corrected chi connectivity index (χ2v) is 4.43. The number of hydrogen-bond acceptors (Lipinski definition) is 5. The standard InChI is InChI=1S/C11H18N6/c1-6-9(10(14)17(2)16-6)11(15)5-7(12)3-4-8(11)13/h3-5,8H,12-15H2,1-2H3. The van der Waals surface area contributed by atoms with E-state index in [1.807, 2.05) is 6.92 Å². The highest BCUT2D eigenvalue weighted by molar-refractivity contribution is 5.54. The molecule has 0 aliphatic heterocycles. The molecule has 0 radical (unpaired) electrons. The number of nitrogen functional groups attached to an aromatic ring is 1. The summed E-state index contributed by atoms with van der Waals surface area (Å²) < 4.78 is 1.59. The average Bonchev–Trinajstić information content (AvgIpc) is 2.48. The lowest BCUT2D eigenvalue weighted by molar-refractivity contribution is 0.487. The Morgan fingerprint density at radius 3 is 2.59 bits per heavy atom. The number of rotatable bonds is 1. The second kappa shape index (κ2) is 3.61. The van der Waals surface area contributed by atoms with Crippen LogP contribution in [0.15, 0.2) is 23.9 Å². The maximum atomic E-state index is 6.36. The van der Waals surface area contributed by atoms with Gasteiger partial charge in [-0.15, -0.1) is 0 Å². The maximum Gasteiger partial charge on any atom is 0.127 e. The fourth-order valence-electron chi connectivity index (χ4n) is 2.24. The first-order valence-corrected chi connectivity index (χ1v) is 5.37. The van der Waals surface area contributed by atoms with Crippen LogP contribution in [-0.2, 0) is 12.6 Å². The van der Waals surface area contributed by atoms with Crippen LogP contribution in [0.25, 0.3) is 0 Å². The summed E-state index contributed by atoms with van der Waals surface area (Å²) in [7, 11) is 1.77. The lowest BCUT2D eigenvalue weighted by atomic mass is 9.80. The van der Waals surface area contributed by atoms with E-state index in [0.29, 0.717) is 11.5 Å². The summed E-state index contributed by atoms with van der Waals surface area (Å²) >= 11 is 0.